The molecule has 1 N–H and O–H groups in total. The van der Waals surface area contributed by atoms with Crippen molar-refractivity contribution in [1.82, 2.24) is 9.88 Å². The number of halogens is 2. The number of benzene rings is 2. The summed E-state index contributed by atoms with van der Waals surface area (Å²) in [4.78, 5) is 24.3. The number of hydrogen-bond donors (Lipinski definition) is 1. The molecule has 0 bridgehead atoms. The van der Waals surface area contributed by atoms with E-state index in [1.54, 1.807) is 12.1 Å². The summed E-state index contributed by atoms with van der Waals surface area (Å²) in [7, 11) is 0. The number of pyridine rings is 1. The van der Waals surface area contributed by atoms with Crippen molar-refractivity contribution in [3.63, 3.8) is 0 Å². The number of nitrogens with one attached hydrogen (secondary N) is 1. The first kappa shape index (κ1) is 19.3. The SMILES string of the molecule is O=C(NCc1cccc(F)c1)c1ccc(=O)n(CCOc2ccc(F)cc2)c1. The van der Waals surface area contributed by atoms with Gasteiger partial charge in [-0.15, -0.1) is 0 Å². The Morgan fingerprint density at radius 3 is 2.54 bits per heavy atom. The normalized spacial score (nSPS) is 10.5. The zero-order chi connectivity index (χ0) is 19.9. The van der Waals surface area contributed by atoms with Crippen molar-refractivity contribution in [1.29, 1.82) is 0 Å². The molecule has 7 heteroatoms. The number of carbonyl (C=O) groups excluding carboxylic acids is 1. The molecule has 5 nitrogen and oxygen atoms in total. The fourth-order valence-electron chi connectivity index (χ4n) is 2.56. The molecule has 3 aromatic rings. The molecule has 144 valence electrons. The summed E-state index contributed by atoms with van der Waals surface area (Å²) in [5.41, 5.74) is 0.663. The molecule has 0 aliphatic rings. The van der Waals surface area contributed by atoms with Crippen molar-refractivity contribution < 1.29 is 18.3 Å². The number of amides is 1. The van der Waals surface area contributed by atoms with Gasteiger partial charge in [0.15, 0.2) is 0 Å². The maximum atomic E-state index is 13.2. The molecule has 0 aliphatic carbocycles. The molecule has 1 aromatic heterocycles. The minimum atomic E-state index is -0.377. The van der Waals surface area contributed by atoms with Crippen LogP contribution in [-0.4, -0.2) is 17.1 Å². The first-order valence-electron chi connectivity index (χ1n) is 8.63. The third-order valence-electron chi connectivity index (χ3n) is 4.00. The van der Waals surface area contributed by atoms with E-state index in [0.717, 1.165) is 0 Å². The predicted octanol–water partition coefficient (Wildman–Crippen LogP) is 3.14. The summed E-state index contributed by atoms with van der Waals surface area (Å²) in [5, 5.41) is 2.69. The van der Waals surface area contributed by atoms with Gasteiger partial charge in [0.05, 0.1) is 12.1 Å². The maximum absolute atomic E-state index is 13.2. The lowest BCUT2D eigenvalue weighted by molar-refractivity contribution is 0.0949. The molecule has 28 heavy (non-hydrogen) atoms. The van der Waals surface area contributed by atoms with Crippen molar-refractivity contribution in [3.05, 3.63) is 100.0 Å². The maximum Gasteiger partial charge on any atom is 0.253 e. The van der Waals surface area contributed by atoms with E-state index >= 15 is 0 Å². The van der Waals surface area contributed by atoms with Crippen LogP contribution in [-0.2, 0) is 13.1 Å². The highest BCUT2D eigenvalue weighted by atomic mass is 19.1. The van der Waals surface area contributed by atoms with E-state index in [1.807, 2.05) is 0 Å². The fourth-order valence-corrected chi connectivity index (χ4v) is 2.56. The second-order valence-corrected chi connectivity index (χ2v) is 6.06. The van der Waals surface area contributed by atoms with E-state index in [2.05, 4.69) is 5.32 Å². The minimum Gasteiger partial charge on any atom is -0.492 e. The number of carbonyl (C=O) groups is 1. The minimum absolute atomic E-state index is 0.170. The third-order valence-corrected chi connectivity index (χ3v) is 4.00. The molecule has 1 heterocycles. The molecule has 0 unspecified atom stereocenters. The van der Waals surface area contributed by atoms with Crippen LogP contribution in [0.1, 0.15) is 15.9 Å². The fraction of sp³-hybridized carbons (Fsp3) is 0.143. The Morgan fingerprint density at radius 1 is 1.00 bits per heavy atom. The Morgan fingerprint density at radius 2 is 1.79 bits per heavy atom. The van der Waals surface area contributed by atoms with E-state index < -0.39 is 0 Å². The van der Waals surface area contributed by atoms with Gasteiger partial charge in [-0.1, -0.05) is 12.1 Å². The van der Waals surface area contributed by atoms with Gasteiger partial charge in [0, 0.05) is 18.8 Å². The van der Waals surface area contributed by atoms with Crippen LogP contribution < -0.4 is 15.6 Å². The van der Waals surface area contributed by atoms with E-state index in [4.69, 9.17) is 4.74 Å². The molecule has 0 atom stereocenters. The summed E-state index contributed by atoms with van der Waals surface area (Å²) in [5.74, 6) is -0.627. The molecule has 0 saturated carbocycles. The molecule has 0 aliphatic heterocycles. The molecular formula is C21H18F2N2O3. The molecule has 3 rings (SSSR count). The summed E-state index contributed by atoms with van der Waals surface area (Å²) in [6, 6.07) is 14.2. The Balaban J connectivity index is 1.59. The van der Waals surface area contributed by atoms with Crippen molar-refractivity contribution in [2.24, 2.45) is 0 Å². The van der Waals surface area contributed by atoms with Crippen LogP contribution in [0.5, 0.6) is 5.75 Å². The van der Waals surface area contributed by atoms with E-state index in [-0.39, 0.29) is 42.8 Å². The van der Waals surface area contributed by atoms with Crippen molar-refractivity contribution in [3.8, 4) is 5.75 Å². The molecule has 1 amide bonds. The standard InChI is InChI=1S/C21H18F2N2O3/c22-17-5-7-19(8-6-17)28-11-10-25-14-16(4-9-20(25)26)21(27)24-13-15-2-1-3-18(23)12-15/h1-9,12,14H,10-11,13H2,(H,24,27). The van der Waals surface area contributed by atoms with Gasteiger partial charge >= 0.3 is 0 Å². The molecule has 2 aromatic carbocycles. The van der Waals surface area contributed by atoms with Gasteiger partial charge in [0.25, 0.3) is 11.5 Å². The van der Waals surface area contributed by atoms with E-state index in [9.17, 15) is 18.4 Å². The number of aromatic nitrogens is 1. The highest BCUT2D eigenvalue weighted by Gasteiger charge is 2.08. The number of ether oxygens (including phenoxy) is 1. The van der Waals surface area contributed by atoms with Crippen LogP contribution in [0.3, 0.4) is 0 Å². The number of hydrogen-bond acceptors (Lipinski definition) is 3. The first-order valence-corrected chi connectivity index (χ1v) is 8.63. The quantitative estimate of drug-likeness (QED) is 0.681. The van der Waals surface area contributed by atoms with Crippen LogP contribution in [0.25, 0.3) is 0 Å². The molecule has 0 spiro atoms. The van der Waals surface area contributed by atoms with Crippen LogP contribution >= 0.6 is 0 Å². The van der Waals surface area contributed by atoms with Gasteiger partial charge in [0.2, 0.25) is 0 Å². The first-order chi connectivity index (χ1) is 13.5. The highest BCUT2D eigenvalue weighted by Crippen LogP contribution is 2.11. The smallest absolute Gasteiger partial charge is 0.253 e. The Hall–Kier alpha value is -3.48. The average Bonchev–Trinajstić information content (AvgIpc) is 2.69. The monoisotopic (exact) mass is 384 g/mol. The third kappa shape index (κ3) is 5.26. The molecule has 0 saturated heterocycles. The van der Waals surface area contributed by atoms with Gasteiger partial charge in [-0.3, -0.25) is 9.59 Å². The topological polar surface area (TPSA) is 60.3 Å². The summed E-state index contributed by atoms with van der Waals surface area (Å²) >= 11 is 0. The Bertz CT molecular complexity index is 1020. The zero-order valence-electron chi connectivity index (χ0n) is 14.9. The largest absolute Gasteiger partial charge is 0.492 e. The van der Waals surface area contributed by atoms with Gasteiger partial charge in [-0.25, -0.2) is 8.78 Å². The van der Waals surface area contributed by atoms with Crippen molar-refractivity contribution in [2.75, 3.05) is 6.61 Å². The Labute approximate surface area is 160 Å². The van der Waals surface area contributed by atoms with Crippen molar-refractivity contribution in [2.45, 2.75) is 13.1 Å². The number of nitrogens with zero attached hydrogens (tertiary/aromatic N) is 1. The van der Waals surface area contributed by atoms with Crippen LogP contribution in [0.2, 0.25) is 0 Å². The highest BCUT2D eigenvalue weighted by molar-refractivity contribution is 5.93. The van der Waals surface area contributed by atoms with Gasteiger partial charge in [0.1, 0.15) is 24.0 Å². The summed E-state index contributed by atoms with van der Waals surface area (Å²) in [6.07, 6.45) is 1.44. The lowest BCUT2D eigenvalue weighted by atomic mass is 10.2. The Kier molecular flexibility index (Phi) is 6.16. The van der Waals surface area contributed by atoms with E-state index in [1.165, 1.54) is 59.3 Å². The van der Waals surface area contributed by atoms with Gasteiger partial charge < -0.3 is 14.6 Å². The van der Waals surface area contributed by atoms with Crippen molar-refractivity contribution >= 4 is 5.91 Å². The molecule has 0 fully saturated rings. The summed E-state index contributed by atoms with van der Waals surface area (Å²) < 4.78 is 32.9. The van der Waals surface area contributed by atoms with Crippen LogP contribution in [0, 0.1) is 11.6 Å². The molecular weight excluding hydrogens is 366 g/mol. The summed E-state index contributed by atoms with van der Waals surface area (Å²) in [6.45, 7) is 0.574. The predicted molar refractivity (Wildman–Crippen MR) is 100 cm³/mol. The second-order valence-electron chi connectivity index (χ2n) is 6.06. The van der Waals surface area contributed by atoms with E-state index in [0.29, 0.717) is 16.9 Å². The van der Waals surface area contributed by atoms with Gasteiger partial charge in [-0.2, -0.15) is 0 Å². The lowest BCUT2D eigenvalue weighted by Crippen LogP contribution is -2.27. The lowest BCUT2D eigenvalue weighted by Gasteiger charge is -2.10. The van der Waals surface area contributed by atoms with Crippen LogP contribution in [0.15, 0.2) is 71.7 Å². The van der Waals surface area contributed by atoms with Crippen LogP contribution in [0.4, 0.5) is 8.78 Å². The second kappa shape index (κ2) is 8.94. The number of rotatable bonds is 7. The zero-order valence-corrected chi connectivity index (χ0v) is 14.9. The average molecular weight is 384 g/mol. The van der Waals surface area contributed by atoms with Gasteiger partial charge in [-0.05, 0) is 48.0 Å². The molecule has 0 radical (unpaired) electrons.